The molecule has 1 aliphatic rings. The molecule has 106 valence electrons. The Labute approximate surface area is 114 Å². The number of aliphatic hydroxyl groups is 1. The minimum absolute atomic E-state index is 0.133. The van der Waals surface area contributed by atoms with E-state index in [2.05, 4.69) is 11.0 Å². The number of nitrogens with zero attached hydrogens (tertiary/aromatic N) is 1. The van der Waals surface area contributed by atoms with Crippen molar-refractivity contribution in [1.82, 2.24) is 4.90 Å². The third-order valence-corrected chi connectivity index (χ3v) is 3.65. The number of aliphatic hydroxyl groups excluding tert-OH is 1. The van der Waals surface area contributed by atoms with Crippen molar-refractivity contribution >= 4 is 0 Å². The number of ether oxygens (including phenoxy) is 2. The van der Waals surface area contributed by atoms with E-state index in [9.17, 15) is 5.11 Å². The summed E-state index contributed by atoms with van der Waals surface area (Å²) in [4.78, 5) is 2.13. The zero-order chi connectivity index (χ0) is 13.9. The van der Waals surface area contributed by atoms with Gasteiger partial charge in [-0.15, -0.1) is 0 Å². The van der Waals surface area contributed by atoms with Crippen LogP contribution in [0.3, 0.4) is 0 Å². The molecule has 0 aromatic heterocycles. The van der Waals surface area contributed by atoms with Crippen molar-refractivity contribution in [3.8, 4) is 11.5 Å². The summed E-state index contributed by atoms with van der Waals surface area (Å²) < 4.78 is 11.3. The maximum absolute atomic E-state index is 9.39. The average Bonchev–Trinajstić information content (AvgIpc) is 2.63. The Bertz CT molecular complexity index is 431. The fourth-order valence-corrected chi connectivity index (χ4v) is 1.91. The number of fused-ring (bicyclic) bond motifs is 1. The quantitative estimate of drug-likeness (QED) is 0.904. The molecule has 0 bridgehead atoms. The monoisotopic (exact) mass is 265 g/mol. The van der Waals surface area contributed by atoms with Gasteiger partial charge < -0.3 is 14.6 Å². The molecule has 2 rings (SSSR count). The molecular formula is C15H23NO3. The summed E-state index contributed by atoms with van der Waals surface area (Å²) in [6, 6.07) is 6.05. The zero-order valence-electron chi connectivity index (χ0n) is 12.0. The topological polar surface area (TPSA) is 41.9 Å². The molecule has 19 heavy (non-hydrogen) atoms. The van der Waals surface area contributed by atoms with Gasteiger partial charge in [0.1, 0.15) is 0 Å². The van der Waals surface area contributed by atoms with E-state index < -0.39 is 0 Å². The molecule has 0 saturated carbocycles. The molecule has 0 atom stereocenters. The summed E-state index contributed by atoms with van der Waals surface area (Å²) in [5.74, 6) is 1.65. The minimum Gasteiger partial charge on any atom is -0.490 e. The van der Waals surface area contributed by atoms with Gasteiger partial charge >= 0.3 is 0 Å². The average molecular weight is 265 g/mol. The first kappa shape index (κ1) is 14.2. The Morgan fingerprint density at radius 1 is 1.21 bits per heavy atom. The Balaban J connectivity index is 2.12. The van der Waals surface area contributed by atoms with Gasteiger partial charge in [-0.05, 0) is 38.6 Å². The number of likely N-dealkylation sites (N-methyl/N-ethyl adjacent to an activating group) is 1. The molecule has 1 heterocycles. The van der Waals surface area contributed by atoms with E-state index >= 15 is 0 Å². The summed E-state index contributed by atoms with van der Waals surface area (Å²) >= 11 is 0. The highest BCUT2D eigenvalue weighted by atomic mass is 16.5. The van der Waals surface area contributed by atoms with Crippen LogP contribution in [0.2, 0.25) is 0 Å². The molecular weight excluding hydrogens is 242 g/mol. The lowest BCUT2D eigenvalue weighted by atomic mass is 10.0. The highest BCUT2D eigenvalue weighted by molar-refractivity contribution is 5.43. The first-order valence-electron chi connectivity index (χ1n) is 6.73. The lowest BCUT2D eigenvalue weighted by Gasteiger charge is -2.34. The van der Waals surface area contributed by atoms with Crippen LogP contribution < -0.4 is 9.47 Å². The molecule has 1 aromatic rings. The molecule has 0 radical (unpaired) electrons. The van der Waals surface area contributed by atoms with Gasteiger partial charge in [-0.2, -0.15) is 0 Å². The molecule has 0 saturated heterocycles. The molecule has 4 heteroatoms. The van der Waals surface area contributed by atoms with Crippen molar-refractivity contribution in [3.63, 3.8) is 0 Å². The maximum Gasteiger partial charge on any atom is 0.161 e. The van der Waals surface area contributed by atoms with Crippen LogP contribution in [-0.4, -0.2) is 42.4 Å². The van der Waals surface area contributed by atoms with Crippen LogP contribution in [-0.2, 0) is 6.54 Å². The van der Waals surface area contributed by atoms with Gasteiger partial charge in [-0.25, -0.2) is 0 Å². The second kappa shape index (κ2) is 5.80. The van der Waals surface area contributed by atoms with E-state index in [1.54, 1.807) is 0 Å². The number of hydrogen-bond donors (Lipinski definition) is 1. The molecule has 1 aliphatic heterocycles. The first-order chi connectivity index (χ1) is 9.03. The van der Waals surface area contributed by atoms with Crippen LogP contribution >= 0.6 is 0 Å². The summed E-state index contributed by atoms with van der Waals surface area (Å²) in [5.41, 5.74) is 0.928. The van der Waals surface area contributed by atoms with Crippen molar-refractivity contribution in [2.45, 2.75) is 32.4 Å². The van der Waals surface area contributed by atoms with Crippen LogP contribution in [0.1, 0.15) is 25.8 Å². The Hall–Kier alpha value is -1.26. The van der Waals surface area contributed by atoms with E-state index in [0.29, 0.717) is 13.2 Å². The summed E-state index contributed by atoms with van der Waals surface area (Å²) in [6.07, 6.45) is 0.918. The largest absolute Gasteiger partial charge is 0.490 e. The minimum atomic E-state index is -0.232. The van der Waals surface area contributed by atoms with Crippen LogP contribution in [0.25, 0.3) is 0 Å². The van der Waals surface area contributed by atoms with E-state index in [1.807, 2.05) is 33.0 Å². The SMILES string of the molecule is CN(Cc1ccc2c(c1)OCCCO2)C(C)(C)CO. The third kappa shape index (κ3) is 3.39. The second-order valence-corrected chi connectivity index (χ2v) is 5.66. The summed E-state index contributed by atoms with van der Waals surface area (Å²) in [7, 11) is 2.01. The van der Waals surface area contributed by atoms with E-state index in [0.717, 1.165) is 30.0 Å². The molecule has 0 aliphatic carbocycles. The van der Waals surface area contributed by atoms with Crippen LogP contribution in [0.5, 0.6) is 11.5 Å². The van der Waals surface area contributed by atoms with Gasteiger partial charge in [0, 0.05) is 18.5 Å². The molecule has 1 N–H and O–H groups in total. The zero-order valence-corrected chi connectivity index (χ0v) is 12.0. The molecule has 0 unspecified atom stereocenters. The van der Waals surface area contributed by atoms with Gasteiger partial charge in [-0.3, -0.25) is 4.90 Å². The Morgan fingerprint density at radius 2 is 1.89 bits per heavy atom. The van der Waals surface area contributed by atoms with Crippen LogP contribution in [0, 0.1) is 0 Å². The van der Waals surface area contributed by atoms with E-state index in [-0.39, 0.29) is 12.1 Å². The van der Waals surface area contributed by atoms with Gasteiger partial charge in [0.05, 0.1) is 19.8 Å². The lowest BCUT2D eigenvalue weighted by molar-refractivity contribution is 0.0733. The maximum atomic E-state index is 9.39. The van der Waals surface area contributed by atoms with Crippen LogP contribution in [0.4, 0.5) is 0 Å². The fourth-order valence-electron chi connectivity index (χ4n) is 1.91. The highest BCUT2D eigenvalue weighted by Crippen LogP contribution is 2.31. The van der Waals surface area contributed by atoms with Crippen molar-refractivity contribution in [2.75, 3.05) is 26.9 Å². The Kier molecular flexibility index (Phi) is 4.32. The number of hydrogen-bond acceptors (Lipinski definition) is 4. The van der Waals surface area contributed by atoms with Gasteiger partial charge in [-0.1, -0.05) is 6.07 Å². The van der Waals surface area contributed by atoms with Crippen molar-refractivity contribution in [3.05, 3.63) is 23.8 Å². The fraction of sp³-hybridized carbons (Fsp3) is 0.600. The van der Waals surface area contributed by atoms with E-state index in [1.165, 1.54) is 0 Å². The van der Waals surface area contributed by atoms with Gasteiger partial charge in [0.25, 0.3) is 0 Å². The van der Waals surface area contributed by atoms with Crippen molar-refractivity contribution in [1.29, 1.82) is 0 Å². The summed E-state index contributed by atoms with van der Waals surface area (Å²) in [5, 5.41) is 9.39. The molecule has 0 fully saturated rings. The standard InChI is InChI=1S/C15H23NO3/c1-15(2,11-17)16(3)10-12-5-6-13-14(9-12)19-8-4-7-18-13/h5-6,9,17H,4,7-8,10-11H2,1-3H3. The lowest BCUT2D eigenvalue weighted by Crippen LogP contribution is -2.43. The molecule has 0 amide bonds. The first-order valence-corrected chi connectivity index (χ1v) is 6.73. The normalized spacial score (nSPS) is 15.4. The third-order valence-electron chi connectivity index (χ3n) is 3.65. The number of benzene rings is 1. The van der Waals surface area contributed by atoms with Gasteiger partial charge in [0.15, 0.2) is 11.5 Å². The van der Waals surface area contributed by atoms with E-state index in [4.69, 9.17) is 9.47 Å². The number of rotatable bonds is 4. The predicted octanol–water partition coefficient (Wildman–Crippen LogP) is 2.05. The summed E-state index contributed by atoms with van der Waals surface area (Å²) in [6.45, 7) is 6.36. The molecule has 0 spiro atoms. The molecule has 1 aromatic carbocycles. The highest BCUT2D eigenvalue weighted by Gasteiger charge is 2.22. The molecule has 4 nitrogen and oxygen atoms in total. The van der Waals surface area contributed by atoms with Gasteiger partial charge in [0.2, 0.25) is 0 Å². The smallest absolute Gasteiger partial charge is 0.161 e. The Morgan fingerprint density at radius 3 is 2.58 bits per heavy atom. The van der Waals surface area contributed by atoms with Crippen molar-refractivity contribution < 1.29 is 14.6 Å². The van der Waals surface area contributed by atoms with Crippen LogP contribution in [0.15, 0.2) is 18.2 Å². The second-order valence-electron chi connectivity index (χ2n) is 5.66. The predicted molar refractivity (Wildman–Crippen MR) is 74.7 cm³/mol. The van der Waals surface area contributed by atoms with Crippen molar-refractivity contribution in [2.24, 2.45) is 0 Å².